The summed E-state index contributed by atoms with van der Waals surface area (Å²) < 4.78 is 5.19. The molecule has 1 N–H and O–H groups in total. The number of benzene rings is 1. The van der Waals surface area contributed by atoms with Gasteiger partial charge in [-0.15, -0.1) is 11.3 Å². The molecular formula is C18H17NO2S2. The molecule has 0 unspecified atom stereocenters. The highest BCUT2D eigenvalue weighted by molar-refractivity contribution is 7.14. The molecule has 0 aliphatic rings. The number of ether oxygens (including phenoxy) is 1. The van der Waals surface area contributed by atoms with Crippen LogP contribution in [0.25, 0.3) is 11.1 Å². The van der Waals surface area contributed by atoms with Crippen molar-refractivity contribution in [2.75, 3.05) is 7.11 Å². The van der Waals surface area contributed by atoms with Crippen molar-refractivity contribution < 1.29 is 9.53 Å². The average molecular weight is 343 g/mol. The fourth-order valence-electron chi connectivity index (χ4n) is 2.31. The van der Waals surface area contributed by atoms with E-state index in [2.05, 4.69) is 5.32 Å². The van der Waals surface area contributed by atoms with Crippen LogP contribution in [-0.2, 0) is 6.54 Å². The van der Waals surface area contributed by atoms with Crippen molar-refractivity contribution in [1.29, 1.82) is 0 Å². The van der Waals surface area contributed by atoms with Crippen molar-refractivity contribution in [3.8, 4) is 16.9 Å². The van der Waals surface area contributed by atoms with Gasteiger partial charge in [-0.25, -0.2) is 0 Å². The lowest BCUT2D eigenvalue weighted by molar-refractivity contribution is 0.0955. The van der Waals surface area contributed by atoms with Crippen LogP contribution in [0, 0.1) is 6.92 Å². The number of hydrogen-bond donors (Lipinski definition) is 1. The van der Waals surface area contributed by atoms with Gasteiger partial charge in [0, 0.05) is 11.4 Å². The minimum Gasteiger partial charge on any atom is -0.497 e. The van der Waals surface area contributed by atoms with E-state index in [0.29, 0.717) is 6.54 Å². The van der Waals surface area contributed by atoms with Gasteiger partial charge in [-0.05, 0) is 58.6 Å². The number of carbonyl (C=O) groups excluding carboxylic acids is 1. The van der Waals surface area contributed by atoms with Crippen LogP contribution in [0.2, 0.25) is 0 Å². The second-order valence-corrected chi connectivity index (χ2v) is 7.16. The van der Waals surface area contributed by atoms with E-state index < -0.39 is 0 Å². The molecule has 118 valence electrons. The van der Waals surface area contributed by atoms with Gasteiger partial charge < -0.3 is 10.1 Å². The van der Waals surface area contributed by atoms with Gasteiger partial charge in [0.05, 0.1) is 12.0 Å². The van der Waals surface area contributed by atoms with Crippen LogP contribution >= 0.6 is 22.7 Å². The second-order valence-electron chi connectivity index (χ2n) is 5.12. The largest absolute Gasteiger partial charge is 0.497 e. The number of rotatable bonds is 5. The molecule has 0 saturated heterocycles. The van der Waals surface area contributed by atoms with Crippen LogP contribution in [0.1, 0.15) is 20.1 Å². The number of amides is 1. The number of nitrogens with one attached hydrogen (secondary N) is 1. The molecule has 2 aromatic heterocycles. The average Bonchev–Trinajstić information content (AvgIpc) is 3.22. The number of methoxy groups -OCH3 is 1. The Bertz CT molecular complexity index is 789. The third-order valence-electron chi connectivity index (χ3n) is 3.58. The van der Waals surface area contributed by atoms with Crippen LogP contribution < -0.4 is 10.1 Å². The molecule has 0 fully saturated rings. The lowest BCUT2D eigenvalue weighted by Crippen LogP contribution is -2.21. The number of hydrogen-bond acceptors (Lipinski definition) is 4. The van der Waals surface area contributed by atoms with Crippen molar-refractivity contribution in [2.45, 2.75) is 13.5 Å². The summed E-state index contributed by atoms with van der Waals surface area (Å²) >= 11 is 3.16. The second kappa shape index (κ2) is 6.98. The standard InChI is InChI=1S/C18H17NO2S2/c1-12-16(14-3-5-15(21-2)6-4-14)9-17(23-12)18(20)19-10-13-7-8-22-11-13/h3-9,11H,10H2,1-2H3,(H,19,20). The van der Waals surface area contributed by atoms with Gasteiger partial charge in [-0.2, -0.15) is 11.3 Å². The maximum absolute atomic E-state index is 12.3. The Morgan fingerprint density at radius 3 is 2.65 bits per heavy atom. The minimum atomic E-state index is -0.0240. The van der Waals surface area contributed by atoms with E-state index in [9.17, 15) is 4.79 Å². The van der Waals surface area contributed by atoms with Crippen molar-refractivity contribution in [2.24, 2.45) is 0 Å². The summed E-state index contributed by atoms with van der Waals surface area (Å²) in [6, 6.07) is 11.9. The summed E-state index contributed by atoms with van der Waals surface area (Å²) in [5.41, 5.74) is 3.32. The summed E-state index contributed by atoms with van der Waals surface area (Å²) in [7, 11) is 1.65. The molecule has 0 atom stereocenters. The molecule has 5 heteroatoms. The Labute approximate surface area is 143 Å². The normalized spacial score (nSPS) is 10.5. The van der Waals surface area contributed by atoms with E-state index in [1.54, 1.807) is 18.4 Å². The van der Waals surface area contributed by atoms with E-state index in [1.165, 1.54) is 11.3 Å². The van der Waals surface area contributed by atoms with E-state index in [-0.39, 0.29) is 5.91 Å². The van der Waals surface area contributed by atoms with Gasteiger partial charge in [0.1, 0.15) is 5.75 Å². The predicted octanol–water partition coefficient (Wildman–Crippen LogP) is 4.72. The first kappa shape index (κ1) is 15.8. The summed E-state index contributed by atoms with van der Waals surface area (Å²) in [4.78, 5) is 14.2. The van der Waals surface area contributed by atoms with E-state index in [1.807, 2.05) is 54.1 Å². The highest BCUT2D eigenvalue weighted by Crippen LogP contribution is 2.32. The van der Waals surface area contributed by atoms with Crippen molar-refractivity contribution >= 4 is 28.6 Å². The molecular weight excluding hydrogens is 326 g/mol. The SMILES string of the molecule is COc1ccc(-c2cc(C(=O)NCc3ccsc3)sc2C)cc1. The van der Waals surface area contributed by atoms with Crippen LogP contribution in [0.3, 0.4) is 0 Å². The zero-order chi connectivity index (χ0) is 16.2. The Morgan fingerprint density at radius 2 is 2.00 bits per heavy atom. The van der Waals surface area contributed by atoms with Crippen LogP contribution in [0.4, 0.5) is 0 Å². The first-order valence-electron chi connectivity index (χ1n) is 7.21. The van der Waals surface area contributed by atoms with Gasteiger partial charge in [0.25, 0.3) is 5.91 Å². The van der Waals surface area contributed by atoms with E-state index >= 15 is 0 Å². The lowest BCUT2D eigenvalue weighted by atomic mass is 10.1. The topological polar surface area (TPSA) is 38.3 Å². The lowest BCUT2D eigenvalue weighted by Gasteiger charge is -2.03. The van der Waals surface area contributed by atoms with Crippen molar-refractivity contribution in [3.63, 3.8) is 0 Å². The first-order valence-corrected chi connectivity index (χ1v) is 8.97. The maximum Gasteiger partial charge on any atom is 0.261 e. The van der Waals surface area contributed by atoms with Gasteiger partial charge in [-0.3, -0.25) is 4.79 Å². The van der Waals surface area contributed by atoms with Crippen LogP contribution in [0.5, 0.6) is 5.75 Å². The number of carbonyl (C=O) groups is 1. The van der Waals surface area contributed by atoms with Gasteiger partial charge in [0.2, 0.25) is 0 Å². The Kier molecular flexibility index (Phi) is 4.79. The molecule has 23 heavy (non-hydrogen) atoms. The zero-order valence-corrected chi connectivity index (χ0v) is 14.6. The predicted molar refractivity (Wildman–Crippen MR) is 96.5 cm³/mol. The third kappa shape index (κ3) is 3.63. The Balaban J connectivity index is 1.75. The van der Waals surface area contributed by atoms with E-state index in [4.69, 9.17) is 4.74 Å². The molecule has 3 aromatic rings. The molecule has 0 aliphatic carbocycles. The molecule has 1 amide bonds. The maximum atomic E-state index is 12.3. The highest BCUT2D eigenvalue weighted by atomic mass is 32.1. The molecule has 0 aliphatic heterocycles. The molecule has 3 nitrogen and oxygen atoms in total. The van der Waals surface area contributed by atoms with Crippen LogP contribution in [-0.4, -0.2) is 13.0 Å². The molecule has 1 aromatic carbocycles. The third-order valence-corrected chi connectivity index (χ3v) is 5.36. The molecule has 0 spiro atoms. The fourth-order valence-corrected chi connectivity index (χ4v) is 3.94. The number of thiophene rings is 2. The first-order chi connectivity index (χ1) is 11.2. The Morgan fingerprint density at radius 1 is 1.22 bits per heavy atom. The zero-order valence-electron chi connectivity index (χ0n) is 13.0. The highest BCUT2D eigenvalue weighted by Gasteiger charge is 2.13. The van der Waals surface area contributed by atoms with Crippen LogP contribution in [0.15, 0.2) is 47.2 Å². The summed E-state index contributed by atoms with van der Waals surface area (Å²) in [6.07, 6.45) is 0. The monoisotopic (exact) mass is 343 g/mol. The molecule has 0 radical (unpaired) electrons. The molecule has 0 bridgehead atoms. The fraction of sp³-hybridized carbons (Fsp3) is 0.167. The van der Waals surface area contributed by atoms with Gasteiger partial charge in [0.15, 0.2) is 0 Å². The van der Waals surface area contributed by atoms with Crippen molar-refractivity contribution in [3.05, 3.63) is 62.5 Å². The molecule has 0 saturated carbocycles. The quantitative estimate of drug-likeness (QED) is 0.728. The van der Waals surface area contributed by atoms with Gasteiger partial charge >= 0.3 is 0 Å². The molecule has 3 rings (SSSR count). The summed E-state index contributed by atoms with van der Waals surface area (Å²) in [5, 5.41) is 7.03. The summed E-state index contributed by atoms with van der Waals surface area (Å²) in [5.74, 6) is 0.805. The molecule has 2 heterocycles. The van der Waals surface area contributed by atoms with Crippen molar-refractivity contribution in [1.82, 2.24) is 5.32 Å². The summed E-state index contributed by atoms with van der Waals surface area (Å²) in [6.45, 7) is 2.61. The minimum absolute atomic E-state index is 0.0240. The Hall–Kier alpha value is -2.11. The number of aryl methyl sites for hydroxylation is 1. The van der Waals surface area contributed by atoms with Gasteiger partial charge in [-0.1, -0.05) is 12.1 Å². The van der Waals surface area contributed by atoms with E-state index in [0.717, 1.165) is 32.2 Å². The smallest absolute Gasteiger partial charge is 0.261 e.